The van der Waals surface area contributed by atoms with Gasteiger partial charge in [0.1, 0.15) is 12.6 Å². The molecule has 2 heterocycles. The molecule has 0 spiro atoms. The summed E-state index contributed by atoms with van der Waals surface area (Å²) in [5.74, 6) is 0.939. The second-order valence-corrected chi connectivity index (χ2v) is 6.24. The van der Waals surface area contributed by atoms with Crippen molar-refractivity contribution in [2.45, 2.75) is 58.3 Å². The lowest BCUT2D eigenvalue weighted by atomic mass is 10.1. The summed E-state index contributed by atoms with van der Waals surface area (Å²) in [6.45, 7) is 8.29. The van der Waals surface area contributed by atoms with E-state index in [9.17, 15) is 4.79 Å². The van der Waals surface area contributed by atoms with Gasteiger partial charge in [-0.15, -0.1) is 0 Å². The highest BCUT2D eigenvalue weighted by molar-refractivity contribution is 5.78. The highest BCUT2D eigenvalue weighted by Crippen LogP contribution is 2.32. The average molecular weight is 311 g/mol. The van der Waals surface area contributed by atoms with Gasteiger partial charge < -0.3 is 18.9 Å². The van der Waals surface area contributed by atoms with Crippen molar-refractivity contribution in [2.24, 2.45) is 0 Å². The molecule has 0 N–H and O–H groups in total. The van der Waals surface area contributed by atoms with Crippen LogP contribution in [-0.2, 0) is 14.3 Å². The van der Waals surface area contributed by atoms with E-state index in [2.05, 4.69) is 10.1 Å². The van der Waals surface area contributed by atoms with E-state index in [1.54, 1.807) is 18.9 Å². The molecule has 2 rings (SSSR count). The summed E-state index contributed by atoms with van der Waals surface area (Å²) < 4.78 is 16.3. The summed E-state index contributed by atoms with van der Waals surface area (Å²) in [5.41, 5.74) is -0.313. The first-order valence-corrected chi connectivity index (χ1v) is 7.62. The van der Waals surface area contributed by atoms with E-state index in [1.807, 2.05) is 20.8 Å². The first-order valence-electron chi connectivity index (χ1n) is 7.62. The zero-order valence-electron chi connectivity index (χ0n) is 14.0. The van der Waals surface area contributed by atoms with Crippen molar-refractivity contribution in [3.05, 3.63) is 11.7 Å². The van der Waals surface area contributed by atoms with Gasteiger partial charge in [-0.3, -0.25) is 4.79 Å². The lowest BCUT2D eigenvalue weighted by Crippen LogP contribution is -2.37. The Hall–Kier alpha value is -1.47. The van der Waals surface area contributed by atoms with E-state index in [1.165, 1.54) is 0 Å². The Balaban J connectivity index is 2.07. The number of ether oxygens (including phenoxy) is 2. The molecule has 124 valence electrons. The molecular formula is C15H25N3O4. The van der Waals surface area contributed by atoms with E-state index in [-0.39, 0.29) is 30.3 Å². The minimum Gasteiger partial charge on any atom is -0.380 e. The van der Waals surface area contributed by atoms with E-state index in [4.69, 9.17) is 14.0 Å². The van der Waals surface area contributed by atoms with Gasteiger partial charge in [0, 0.05) is 20.1 Å². The van der Waals surface area contributed by atoms with E-state index in [0.29, 0.717) is 24.7 Å². The smallest absolute Gasteiger partial charge is 0.249 e. The highest BCUT2D eigenvalue weighted by atomic mass is 16.5. The Morgan fingerprint density at radius 3 is 2.77 bits per heavy atom. The third-order valence-electron chi connectivity index (χ3n) is 4.18. The summed E-state index contributed by atoms with van der Waals surface area (Å²) in [6.07, 6.45) is 1.47. The monoisotopic (exact) mass is 311 g/mol. The molecule has 1 aromatic heterocycles. The molecule has 1 fully saturated rings. The molecule has 0 aromatic carbocycles. The first-order chi connectivity index (χ1) is 10.4. The Morgan fingerprint density at radius 1 is 1.50 bits per heavy atom. The predicted octanol–water partition coefficient (Wildman–Crippen LogP) is 1.87. The van der Waals surface area contributed by atoms with Crippen LogP contribution in [0.3, 0.4) is 0 Å². The van der Waals surface area contributed by atoms with Crippen molar-refractivity contribution in [1.29, 1.82) is 0 Å². The molecule has 0 radical (unpaired) electrons. The second kappa shape index (κ2) is 6.75. The van der Waals surface area contributed by atoms with Crippen molar-refractivity contribution in [2.75, 3.05) is 20.3 Å². The maximum atomic E-state index is 12.5. The second-order valence-electron chi connectivity index (χ2n) is 6.24. The molecule has 1 aliphatic rings. The van der Waals surface area contributed by atoms with E-state index in [0.717, 1.165) is 6.42 Å². The molecule has 1 saturated heterocycles. The minimum atomic E-state index is -0.313. The van der Waals surface area contributed by atoms with Crippen LogP contribution < -0.4 is 0 Å². The topological polar surface area (TPSA) is 77.7 Å². The molecule has 7 heteroatoms. The van der Waals surface area contributed by atoms with Crippen LogP contribution in [0.5, 0.6) is 0 Å². The Bertz CT molecular complexity index is 515. The van der Waals surface area contributed by atoms with Crippen molar-refractivity contribution >= 4 is 5.91 Å². The van der Waals surface area contributed by atoms with Gasteiger partial charge in [-0.25, -0.2) is 0 Å². The molecule has 0 unspecified atom stereocenters. The summed E-state index contributed by atoms with van der Waals surface area (Å²) in [5, 5.41) is 3.81. The normalized spacial score (nSPS) is 22.3. The molecule has 1 amide bonds. The van der Waals surface area contributed by atoms with Crippen LogP contribution in [0.15, 0.2) is 4.52 Å². The van der Waals surface area contributed by atoms with Gasteiger partial charge in [0.15, 0.2) is 5.82 Å². The van der Waals surface area contributed by atoms with Crippen LogP contribution >= 0.6 is 0 Å². The molecule has 0 saturated carbocycles. The molecule has 1 aromatic rings. The predicted molar refractivity (Wildman–Crippen MR) is 79.2 cm³/mol. The zero-order chi connectivity index (χ0) is 16.3. The Morgan fingerprint density at radius 2 is 2.23 bits per heavy atom. The number of rotatable bonds is 6. The molecule has 22 heavy (non-hydrogen) atoms. The number of hydrogen-bond acceptors (Lipinski definition) is 6. The van der Waals surface area contributed by atoms with Gasteiger partial charge >= 0.3 is 0 Å². The number of aryl methyl sites for hydroxylation is 1. The number of amides is 1. The van der Waals surface area contributed by atoms with Crippen molar-refractivity contribution in [3.8, 4) is 0 Å². The van der Waals surface area contributed by atoms with Crippen LogP contribution in [0, 0.1) is 6.92 Å². The molecule has 0 aliphatic carbocycles. The fourth-order valence-corrected chi connectivity index (χ4v) is 2.37. The average Bonchev–Trinajstić information content (AvgIpc) is 3.10. The maximum absolute atomic E-state index is 12.5. The fraction of sp³-hybridized carbons (Fsp3) is 0.800. The van der Waals surface area contributed by atoms with Gasteiger partial charge in [-0.1, -0.05) is 12.1 Å². The van der Waals surface area contributed by atoms with Crippen LogP contribution in [0.25, 0.3) is 0 Å². The van der Waals surface area contributed by atoms with Crippen LogP contribution in [0.2, 0.25) is 0 Å². The Kier molecular flexibility index (Phi) is 5.18. The molecule has 0 bridgehead atoms. The van der Waals surface area contributed by atoms with Gasteiger partial charge in [-0.05, 0) is 27.2 Å². The van der Waals surface area contributed by atoms with E-state index < -0.39 is 0 Å². The lowest BCUT2D eigenvalue weighted by Gasteiger charge is -2.26. The molecule has 7 nitrogen and oxygen atoms in total. The van der Waals surface area contributed by atoms with Crippen molar-refractivity contribution in [3.63, 3.8) is 0 Å². The SMILES string of the molecule is CCC(C)(C)OCC(=O)N1C[C@@H](OC)C[C@@H]1c1nc(C)no1. The maximum Gasteiger partial charge on any atom is 0.249 e. The Labute approximate surface area is 131 Å². The third kappa shape index (κ3) is 3.84. The number of hydrogen-bond donors (Lipinski definition) is 0. The number of carbonyl (C=O) groups excluding carboxylic acids is 1. The highest BCUT2D eigenvalue weighted by Gasteiger charge is 2.39. The summed E-state index contributed by atoms with van der Waals surface area (Å²) in [7, 11) is 1.64. The van der Waals surface area contributed by atoms with Gasteiger partial charge in [-0.2, -0.15) is 4.98 Å². The number of nitrogens with zero attached hydrogens (tertiary/aromatic N) is 3. The molecular weight excluding hydrogens is 286 g/mol. The molecule has 1 aliphatic heterocycles. The lowest BCUT2D eigenvalue weighted by molar-refractivity contribution is -0.143. The van der Waals surface area contributed by atoms with Crippen LogP contribution in [-0.4, -0.2) is 52.9 Å². The summed E-state index contributed by atoms with van der Waals surface area (Å²) in [4.78, 5) is 18.5. The number of aromatic nitrogens is 2. The summed E-state index contributed by atoms with van der Waals surface area (Å²) >= 11 is 0. The number of carbonyl (C=O) groups is 1. The largest absolute Gasteiger partial charge is 0.380 e. The third-order valence-corrected chi connectivity index (χ3v) is 4.18. The van der Waals surface area contributed by atoms with Crippen LogP contribution in [0.4, 0.5) is 0 Å². The number of methoxy groups -OCH3 is 1. The van der Waals surface area contributed by atoms with E-state index >= 15 is 0 Å². The standard InChI is InChI=1S/C15H25N3O4/c1-6-15(3,4)21-9-13(19)18-8-11(20-5)7-12(18)14-16-10(2)17-22-14/h11-12H,6-9H2,1-5H3/t11-,12+/m0/s1. The first kappa shape index (κ1) is 16.9. The minimum absolute atomic E-state index is 0.0275. The zero-order valence-corrected chi connectivity index (χ0v) is 14.0. The fourth-order valence-electron chi connectivity index (χ4n) is 2.37. The quantitative estimate of drug-likeness (QED) is 0.798. The van der Waals surface area contributed by atoms with Gasteiger partial charge in [0.25, 0.3) is 0 Å². The van der Waals surface area contributed by atoms with Gasteiger partial charge in [0.05, 0.1) is 11.7 Å². The van der Waals surface area contributed by atoms with Crippen molar-refractivity contribution in [1.82, 2.24) is 15.0 Å². The van der Waals surface area contributed by atoms with Crippen LogP contribution in [0.1, 0.15) is 51.4 Å². The number of likely N-dealkylation sites (tertiary alicyclic amines) is 1. The van der Waals surface area contributed by atoms with Crippen molar-refractivity contribution < 1.29 is 18.8 Å². The summed E-state index contributed by atoms with van der Waals surface area (Å²) in [6, 6.07) is -0.244. The van der Waals surface area contributed by atoms with Gasteiger partial charge in [0.2, 0.25) is 11.8 Å². The molecule has 2 atom stereocenters.